The van der Waals surface area contributed by atoms with Gasteiger partial charge in [-0.15, -0.1) is 5.10 Å². The molecule has 0 aliphatic rings. The maximum absolute atomic E-state index is 10.6. The largest absolute Gasteiger partial charge is 0.476 e. The quantitative estimate of drug-likeness (QED) is 0.750. The second-order valence-corrected chi connectivity index (χ2v) is 3.26. The summed E-state index contributed by atoms with van der Waals surface area (Å²) < 4.78 is 0. The van der Waals surface area contributed by atoms with E-state index in [1.165, 1.54) is 0 Å². The molecular formula is C9H12N2O2. The number of rotatable bonds is 2. The zero-order valence-corrected chi connectivity index (χ0v) is 7.90. The standard InChI is InChI=1S/C9H12N2O2/c1-5(2)7-4-6(3)8(9(12)13)11-10-7/h4-5H,1-3H3,(H,12,13). The van der Waals surface area contributed by atoms with Crippen LogP contribution in [0.1, 0.15) is 41.5 Å². The molecule has 1 aromatic rings. The highest BCUT2D eigenvalue weighted by Crippen LogP contribution is 2.13. The van der Waals surface area contributed by atoms with Gasteiger partial charge in [0.15, 0.2) is 5.69 Å². The first-order valence-corrected chi connectivity index (χ1v) is 4.10. The molecule has 0 radical (unpaired) electrons. The van der Waals surface area contributed by atoms with Crippen LogP contribution in [0.15, 0.2) is 6.07 Å². The SMILES string of the molecule is Cc1cc(C(C)C)nnc1C(=O)O. The van der Waals surface area contributed by atoms with E-state index in [0.717, 1.165) is 5.69 Å². The first kappa shape index (κ1) is 9.64. The summed E-state index contributed by atoms with van der Waals surface area (Å²) >= 11 is 0. The number of aryl methyl sites for hydroxylation is 1. The Morgan fingerprint density at radius 1 is 1.46 bits per heavy atom. The molecule has 0 aromatic carbocycles. The number of carboxylic acids is 1. The fourth-order valence-corrected chi connectivity index (χ4v) is 0.999. The van der Waals surface area contributed by atoms with Crippen LogP contribution >= 0.6 is 0 Å². The van der Waals surface area contributed by atoms with Crippen LogP contribution in [0.5, 0.6) is 0 Å². The molecule has 70 valence electrons. The van der Waals surface area contributed by atoms with Crippen LogP contribution in [0.25, 0.3) is 0 Å². The molecular weight excluding hydrogens is 168 g/mol. The van der Waals surface area contributed by atoms with E-state index in [0.29, 0.717) is 5.56 Å². The summed E-state index contributed by atoms with van der Waals surface area (Å²) in [5.41, 5.74) is 1.51. The highest BCUT2D eigenvalue weighted by molar-refractivity contribution is 5.86. The van der Waals surface area contributed by atoms with E-state index < -0.39 is 5.97 Å². The molecule has 1 rings (SSSR count). The Labute approximate surface area is 76.6 Å². The average Bonchev–Trinajstić information content (AvgIpc) is 2.03. The van der Waals surface area contributed by atoms with E-state index in [2.05, 4.69) is 10.2 Å². The van der Waals surface area contributed by atoms with Crippen molar-refractivity contribution in [1.29, 1.82) is 0 Å². The maximum Gasteiger partial charge on any atom is 0.356 e. The lowest BCUT2D eigenvalue weighted by Crippen LogP contribution is -2.07. The highest BCUT2D eigenvalue weighted by Gasteiger charge is 2.11. The minimum atomic E-state index is -1.03. The number of nitrogens with zero attached hydrogens (tertiary/aromatic N) is 2. The van der Waals surface area contributed by atoms with Gasteiger partial charge in [0, 0.05) is 0 Å². The van der Waals surface area contributed by atoms with Gasteiger partial charge < -0.3 is 5.11 Å². The van der Waals surface area contributed by atoms with Crippen molar-refractivity contribution in [3.63, 3.8) is 0 Å². The zero-order chi connectivity index (χ0) is 10.0. The number of hydrogen-bond acceptors (Lipinski definition) is 3. The van der Waals surface area contributed by atoms with Crippen molar-refractivity contribution < 1.29 is 9.90 Å². The van der Waals surface area contributed by atoms with E-state index in [1.54, 1.807) is 13.0 Å². The molecule has 0 amide bonds. The number of carboxylic acid groups (broad SMARTS) is 1. The van der Waals surface area contributed by atoms with Crippen molar-refractivity contribution in [2.45, 2.75) is 26.7 Å². The second-order valence-electron chi connectivity index (χ2n) is 3.26. The average molecular weight is 180 g/mol. The molecule has 0 aliphatic carbocycles. The third-order valence-electron chi connectivity index (χ3n) is 1.80. The molecule has 4 nitrogen and oxygen atoms in total. The molecule has 0 aliphatic heterocycles. The Morgan fingerprint density at radius 2 is 2.08 bits per heavy atom. The van der Waals surface area contributed by atoms with Crippen molar-refractivity contribution in [2.75, 3.05) is 0 Å². The van der Waals surface area contributed by atoms with Gasteiger partial charge >= 0.3 is 5.97 Å². The van der Waals surface area contributed by atoms with Crippen LogP contribution in [0.3, 0.4) is 0 Å². The summed E-state index contributed by atoms with van der Waals surface area (Å²) in [5.74, 6) is -0.755. The minimum Gasteiger partial charge on any atom is -0.476 e. The molecule has 1 heterocycles. The summed E-state index contributed by atoms with van der Waals surface area (Å²) in [6, 6.07) is 1.76. The van der Waals surface area contributed by atoms with Gasteiger partial charge in [-0.1, -0.05) is 13.8 Å². The van der Waals surface area contributed by atoms with Crippen molar-refractivity contribution >= 4 is 5.97 Å². The molecule has 0 unspecified atom stereocenters. The molecule has 1 N–H and O–H groups in total. The molecule has 0 spiro atoms. The third kappa shape index (κ3) is 2.02. The van der Waals surface area contributed by atoms with E-state index in [4.69, 9.17) is 5.11 Å². The first-order chi connectivity index (χ1) is 6.02. The van der Waals surface area contributed by atoms with Crippen molar-refractivity contribution in [3.8, 4) is 0 Å². The molecule has 0 saturated heterocycles. The molecule has 4 heteroatoms. The molecule has 0 atom stereocenters. The van der Waals surface area contributed by atoms with E-state index >= 15 is 0 Å². The summed E-state index contributed by atoms with van der Waals surface area (Å²) in [4.78, 5) is 10.6. The minimum absolute atomic E-state index is 0.0319. The van der Waals surface area contributed by atoms with E-state index in [1.807, 2.05) is 13.8 Å². The van der Waals surface area contributed by atoms with Gasteiger partial charge in [0.05, 0.1) is 5.69 Å². The summed E-state index contributed by atoms with van der Waals surface area (Å²) in [5, 5.41) is 16.2. The highest BCUT2D eigenvalue weighted by atomic mass is 16.4. The maximum atomic E-state index is 10.6. The predicted octanol–water partition coefficient (Wildman–Crippen LogP) is 1.61. The van der Waals surface area contributed by atoms with Gasteiger partial charge in [-0.3, -0.25) is 0 Å². The molecule has 0 bridgehead atoms. The van der Waals surface area contributed by atoms with Gasteiger partial charge in [-0.2, -0.15) is 5.10 Å². The Hall–Kier alpha value is -1.45. The first-order valence-electron chi connectivity index (χ1n) is 4.10. The summed E-state index contributed by atoms with van der Waals surface area (Å²) in [7, 11) is 0. The Morgan fingerprint density at radius 3 is 2.46 bits per heavy atom. The lowest BCUT2D eigenvalue weighted by atomic mass is 10.1. The monoisotopic (exact) mass is 180 g/mol. The molecule has 0 fully saturated rings. The van der Waals surface area contributed by atoms with Crippen molar-refractivity contribution in [1.82, 2.24) is 10.2 Å². The van der Waals surface area contributed by atoms with Gasteiger partial charge in [0.2, 0.25) is 0 Å². The Balaban J connectivity index is 3.13. The lowest BCUT2D eigenvalue weighted by molar-refractivity contribution is 0.0688. The topological polar surface area (TPSA) is 63.1 Å². The number of aromatic nitrogens is 2. The van der Waals surface area contributed by atoms with Crippen LogP contribution in [0.4, 0.5) is 0 Å². The van der Waals surface area contributed by atoms with Crippen LogP contribution in [-0.4, -0.2) is 21.3 Å². The normalized spacial score (nSPS) is 10.5. The number of aromatic carboxylic acids is 1. The fraction of sp³-hybridized carbons (Fsp3) is 0.444. The smallest absolute Gasteiger partial charge is 0.356 e. The lowest BCUT2D eigenvalue weighted by Gasteiger charge is -2.05. The van der Waals surface area contributed by atoms with Gasteiger partial charge in [-0.25, -0.2) is 4.79 Å². The van der Waals surface area contributed by atoms with Crippen LogP contribution in [0, 0.1) is 6.92 Å². The van der Waals surface area contributed by atoms with Crippen LogP contribution in [-0.2, 0) is 0 Å². The van der Waals surface area contributed by atoms with E-state index in [-0.39, 0.29) is 11.6 Å². The number of carbonyl (C=O) groups is 1. The Bertz CT molecular complexity index is 334. The molecule has 13 heavy (non-hydrogen) atoms. The van der Waals surface area contributed by atoms with Gasteiger partial charge in [-0.05, 0) is 24.5 Å². The van der Waals surface area contributed by atoms with Crippen molar-refractivity contribution in [3.05, 3.63) is 23.0 Å². The third-order valence-corrected chi connectivity index (χ3v) is 1.80. The molecule has 0 saturated carbocycles. The van der Waals surface area contributed by atoms with Crippen LogP contribution in [0.2, 0.25) is 0 Å². The zero-order valence-electron chi connectivity index (χ0n) is 7.90. The van der Waals surface area contributed by atoms with Gasteiger partial charge in [0.1, 0.15) is 0 Å². The fourth-order valence-electron chi connectivity index (χ4n) is 0.999. The van der Waals surface area contributed by atoms with Crippen molar-refractivity contribution in [2.24, 2.45) is 0 Å². The molecule has 1 aromatic heterocycles. The van der Waals surface area contributed by atoms with Crippen LogP contribution < -0.4 is 0 Å². The number of hydrogen-bond donors (Lipinski definition) is 1. The second kappa shape index (κ2) is 3.51. The van der Waals surface area contributed by atoms with Gasteiger partial charge in [0.25, 0.3) is 0 Å². The Kier molecular flexibility index (Phi) is 2.60. The van der Waals surface area contributed by atoms with E-state index in [9.17, 15) is 4.79 Å². The summed E-state index contributed by atoms with van der Waals surface area (Å²) in [6.07, 6.45) is 0. The summed E-state index contributed by atoms with van der Waals surface area (Å²) in [6.45, 7) is 5.71. The predicted molar refractivity (Wildman–Crippen MR) is 47.8 cm³/mol.